The number of likely N-dealkylation sites (tertiary alicyclic amines) is 1. The monoisotopic (exact) mass is 336 g/mol. The van der Waals surface area contributed by atoms with Crippen LogP contribution in [0.15, 0.2) is 24.3 Å². The molecule has 2 aliphatic rings. The number of nitrogens with one attached hydrogen (secondary N) is 1. The lowest BCUT2D eigenvalue weighted by molar-refractivity contribution is 0.00384. The van der Waals surface area contributed by atoms with Gasteiger partial charge in [-0.2, -0.15) is 0 Å². The summed E-state index contributed by atoms with van der Waals surface area (Å²) in [6.07, 6.45) is 2.32. The summed E-state index contributed by atoms with van der Waals surface area (Å²) in [6.45, 7) is 7.11. The maximum atomic E-state index is 12.0. The van der Waals surface area contributed by atoms with Crippen molar-refractivity contribution in [1.29, 1.82) is 0 Å². The van der Waals surface area contributed by atoms with Crippen LogP contribution < -0.4 is 5.32 Å². The molecule has 1 N–H and O–H groups in total. The van der Waals surface area contributed by atoms with Crippen molar-refractivity contribution in [2.45, 2.75) is 51.3 Å². The average Bonchev–Trinajstić information content (AvgIpc) is 3.21. The standard InChI is InChI=1S/C18H25ClN2O2/c1-18(2,3)23-17(22)21-10-15(11-21)20-16(12-4-5-12)13-6-8-14(19)9-7-13/h6-9,12,15-16,20H,4-5,10-11H2,1-3H3. The van der Waals surface area contributed by atoms with Gasteiger partial charge in [0.2, 0.25) is 0 Å². The number of carbonyl (C=O) groups excluding carboxylic acids is 1. The van der Waals surface area contributed by atoms with Crippen LogP contribution >= 0.6 is 11.6 Å². The van der Waals surface area contributed by atoms with Gasteiger partial charge in [0.15, 0.2) is 0 Å². The fraction of sp³-hybridized carbons (Fsp3) is 0.611. The zero-order valence-corrected chi connectivity index (χ0v) is 14.8. The number of carbonyl (C=O) groups is 1. The highest BCUT2D eigenvalue weighted by molar-refractivity contribution is 6.30. The number of hydrogen-bond donors (Lipinski definition) is 1. The van der Waals surface area contributed by atoms with Gasteiger partial charge in [0.05, 0.1) is 0 Å². The molecule has 1 aromatic rings. The summed E-state index contributed by atoms with van der Waals surface area (Å²) < 4.78 is 5.40. The molecule has 1 amide bonds. The summed E-state index contributed by atoms with van der Waals surface area (Å²) in [4.78, 5) is 13.7. The van der Waals surface area contributed by atoms with E-state index in [1.54, 1.807) is 4.90 Å². The molecule has 1 aromatic carbocycles. The van der Waals surface area contributed by atoms with Gasteiger partial charge < -0.3 is 15.0 Å². The summed E-state index contributed by atoms with van der Waals surface area (Å²) in [6, 6.07) is 8.79. The first-order chi connectivity index (χ1) is 10.8. The van der Waals surface area contributed by atoms with Gasteiger partial charge in [-0.25, -0.2) is 4.79 Å². The van der Waals surface area contributed by atoms with E-state index in [9.17, 15) is 4.79 Å². The smallest absolute Gasteiger partial charge is 0.410 e. The molecular formula is C18H25ClN2O2. The molecule has 3 rings (SSSR count). The van der Waals surface area contributed by atoms with Crippen molar-refractivity contribution >= 4 is 17.7 Å². The van der Waals surface area contributed by atoms with Crippen LogP contribution in [0, 0.1) is 5.92 Å². The third kappa shape index (κ3) is 4.39. The molecule has 1 aliphatic heterocycles. The Hall–Kier alpha value is -1.26. The second-order valence-electron chi connectivity index (χ2n) is 7.62. The second-order valence-corrected chi connectivity index (χ2v) is 8.05. The minimum absolute atomic E-state index is 0.218. The quantitative estimate of drug-likeness (QED) is 0.903. The molecular weight excluding hydrogens is 312 g/mol. The summed E-state index contributed by atoms with van der Waals surface area (Å²) in [7, 11) is 0. The van der Waals surface area contributed by atoms with E-state index < -0.39 is 5.60 Å². The molecule has 1 atom stereocenters. The van der Waals surface area contributed by atoms with Gasteiger partial charge in [-0.1, -0.05) is 23.7 Å². The number of amides is 1. The Labute approximate surface area is 143 Å². The highest BCUT2D eigenvalue weighted by Gasteiger charge is 2.39. The van der Waals surface area contributed by atoms with Crippen molar-refractivity contribution in [3.05, 3.63) is 34.9 Å². The second kappa shape index (κ2) is 6.33. The zero-order chi connectivity index (χ0) is 16.6. The first kappa shape index (κ1) is 16.6. The van der Waals surface area contributed by atoms with Crippen LogP contribution in [0.4, 0.5) is 4.79 Å². The zero-order valence-electron chi connectivity index (χ0n) is 14.0. The van der Waals surface area contributed by atoms with Crippen LogP contribution in [-0.2, 0) is 4.74 Å². The molecule has 0 spiro atoms. The van der Waals surface area contributed by atoms with E-state index in [1.165, 1.54) is 18.4 Å². The van der Waals surface area contributed by atoms with Crippen LogP contribution in [0.25, 0.3) is 0 Å². The Balaban J connectivity index is 1.53. The van der Waals surface area contributed by atoms with Crippen LogP contribution in [-0.4, -0.2) is 35.7 Å². The Morgan fingerprint density at radius 1 is 1.26 bits per heavy atom. The molecule has 1 heterocycles. The largest absolute Gasteiger partial charge is 0.444 e. The van der Waals surface area contributed by atoms with E-state index in [0.717, 1.165) is 5.02 Å². The predicted octanol–water partition coefficient (Wildman–Crippen LogP) is 4.00. The SMILES string of the molecule is CC(C)(C)OC(=O)N1CC(NC(c2ccc(Cl)cc2)C2CC2)C1. The van der Waals surface area contributed by atoms with E-state index in [1.807, 2.05) is 32.9 Å². The number of rotatable bonds is 4. The van der Waals surface area contributed by atoms with Crippen molar-refractivity contribution in [3.8, 4) is 0 Å². The minimum Gasteiger partial charge on any atom is -0.444 e. The predicted molar refractivity (Wildman–Crippen MR) is 91.6 cm³/mol. The molecule has 23 heavy (non-hydrogen) atoms. The molecule has 1 aliphatic carbocycles. The third-order valence-electron chi connectivity index (χ3n) is 4.27. The minimum atomic E-state index is -0.435. The van der Waals surface area contributed by atoms with Crippen LogP contribution in [0.3, 0.4) is 0 Å². The molecule has 0 radical (unpaired) electrons. The fourth-order valence-electron chi connectivity index (χ4n) is 2.92. The van der Waals surface area contributed by atoms with Crippen LogP contribution in [0.1, 0.15) is 45.2 Å². The number of nitrogens with zero attached hydrogens (tertiary/aromatic N) is 1. The van der Waals surface area contributed by atoms with Crippen molar-refractivity contribution in [2.24, 2.45) is 5.92 Å². The van der Waals surface area contributed by atoms with Gasteiger partial charge in [-0.05, 0) is 57.2 Å². The fourth-order valence-corrected chi connectivity index (χ4v) is 3.04. The van der Waals surface area contributed by atoms with Gasteiger partial charge in [-0.3, -0.25) is 0 Å². The van der Waals surface area contributed by atoms with Gasteiger partial charge >= 0.3 is 6.09 Å². The maximum Gasteiger partial charge on any atom is 0.410 e. The van der Waals surface area contributed by atoms with Gasteiger partial charge in [-0.15, -0.1) is 0 Å². The summed E-state index contributed by atoms with van der Waals surface area (Å²) in [5.74, 6) is 0.701. The van der Waals surface area contributed by atoms with Crippen molar-refractivity contribution in [1.82, 2.24) is 10.2 Å². The normalized spacial score (nSPS) is 20.1. The number of benzene rings is 1. The highest BCUT2D eigenvalue weighted by Crippen LogP contribution is 2.41. The Bertz CT molecular complexity index is 557. The highest BCUT2D eigenvalue weighted by atomic mass is 35.5. The molecule has 1 unspecified atom stereocenters. The first-order valence-electron chi connectivity index (χ1n) is 8.31. The summed E-state index contributed by atoms with van der Waals surface area (Å²) in [5.41, 5.74) is 0.850. The molecule has 5 heteroatoms. The molecule has 0 aromatic heterocycles. The van der Waals surface area contributed by atoms with E-state index in [-0.39, 0.29) is 6.09 Å². The van der Waals surface area contributed by atoms with Crippen LogP contribution in [0.2, 0.25) is 5.02 Å². The van der Waals surface area contributed by atoms with Crippen molar-refractivity contribution in [3.63, 3.8) is 0 Å². The number of ether oxygens (including phenoxy) is 1. The average molecular weight is 337 g/mol. The topological polar surface area (TPSA) is 41.6 Å². The molecule has 4 nitrogen and oxygen atoms in total. The Morgan fingerprint density at radius 2 is 1.87 bits per heavy atom. The van der Waals surface area contributed by atoms with Gasteiger partial charge in [0.1, 0.15) is 5.60 Å². The van der Waals surface area contributed by atoms with Crippen molar-refractivity contribution < 1.29 is 9.53 Å². The number of halogens is 1. The van der Waals surface area contributed by atoms with E-state index in [2.05, 4.69) is 17.4 Å². The first-order valence-corrected chi connectivity index (χ1v) is 8.69. The third-order valence-corrected chi connectivity index (χ3v) is 4.52. The Morgan fingerprint density at radius 3 is 2.39 bits per heavy atom. The molecule has 2 fully saturated rings. The molecule has 1 saturated carbocycles. The van der Waals surface area contributed by atoms with E-state index in [4.69, 9.17) is 16.3 Å². The molecule has 0 bridgehead atoms. The lowest BCUT2D eigenvalue weighted by atomic mass is 9.99. The van der Waals surface area contributed by atoms with E-state index >= 15 is 0 Å². The van der Waals surface area contributed by atoms with E-state index in [0.29, 0.717) is 31.1 Å². The maximum absolute atomic E-state index is 12.0. The summed E-state index contributed by atoms with van der Waals surface area (Å²) in [5, 5.41) is 4.47. The van der Waals surface area contributed by atoms with Crippen molar-refractivity contribution in [2.75, 3.05) is 13.1 Å². The lowest BCUT2D eigenvalue weighted by Gasteiger charge is -2.42. The Kier molecular flexibility index (Phi) is 4.56. The number of hydrogen-bond acceptors (Lipinski definition) is 3. The molecule has 126 valence electrons. The summed E-state index contributed by atoms with van der Waals surface area (Å²) >= 11 is 5.98. The van der Waals surface area contributed by atoms with Gasteiger partial charge in [0, 0.05) is 30.2 Å². The lowest BCUT2D eigenvalue weighted by Crippen LogP contribution is -2.61. The van der Waals surface area contributed by atoms with Gasteiger partial charge in [0.25, 0.3) is 0 Å². The van der Waals surface area contributed by atoms with Crippen LogP contribution in [0.5, 0.6) is 0 Å². The molecule has 1 saturated heterocycles.